The molecule has 0 spiro atoms. The van der Waals surface area contributed by atoms with E-state index in [4.69, 9.17) is 0 Å². The van der Waals surface area contributed by atoms with E-state index in [0.717, 1.165) is 0 Å². The van der Waals surface area contributed by atoms with E-state index in [1.54, 1.807) is 11.3 Å². The van der Waals surface area contributed by atoms with Crippen molar-refractivity contribution in [2.45, 2.75) is 19.4 Å². The van der Waals surface area contributed by atoms with Gasteiger partial charge in [0.05, 0.1) is 0 Å². The summed E-state index contributed by atoms with van der Waals surface area (Å²) in [4.78, 5) is 8.07. The van der Waals surface area contributed by atoms with Crippen molar-refractivity contribution in [1.29, 1.82) is 0 Å². The third kappa shape index (κ3) is 1.69. The van der Waals surface area contributed by atoms with Crippen LogP contribution in [0.4, 0.5) is 5.13 Å². The number of nitrogens with one attached hydrogen (secondary N) is 1. The molecule has 1 aliphatic heterocycles. The van der Waals surface area contributed by atoms with Gasteiger partial charge in [-0.05, 0) is 20.4 Å². The van der Waals surface area contributed by atoms with Crippen molar-refractivity contribution in [3.63, 3.8) is 0 Å². The highest BCUT2D eigenvalue weighted by Gasteiger charge is 2.18. The second-order valence-electron chi connectivity index (χ2n) is 3.40. The van der Waals surface area contributed by atoms with Gasteiger partial charge in [-0.2, -0.15) is 0 Å². The van der Waals surface area contributed by atoms with Gasteiger partial charge in [0.1, 0.15) is 0 Å². The fourth-order valence-electron chi connectivity index (χ4n) is 1.27. The molecule has 1 N–H and O–H groups in total. The Labute approximate surface area is 82.8 Å². The molecule has 13 heavy (non-hydrogen) atoms. The summed E-state index contributed by atoms with van der Waals surface area (Å²) in [6, 6.07) is 0.424. The number of thiazole rings is 1. The summed E-state index contributed by atoms with van der Waals surface area (Å²) in [6.07, 6.45) is 3.30. The molecule has 72 valence electrons. The minimum atomic E-state index is 0.424. The molecule has 1 saturated heterocycles. The minimum Gasteiger partial charge on any atom is -0.348 e. The van der Waals surface area contributed by atoms with Crippen LogP contribution in [-0.2, 0) is 0 Å². The van der Waals surface area contributed by atoms with E-state index in [1.807, 2.05) is 13.2 Å². The van der Waals surface area contributed by atoms with Gasteiger partial charge in [-0.15, -0.1) is 11.3 Å². The molecule has 0 aromatic carbocycles. The van der Waals surface area contributed by atoms with Gasteiger partial charge in [-0.25, -0.2) is 4.98 Å². The summed E-state index contributed by atoms with van der Waals surface area (Å²) in [5, 5.41) is 4.41. The zero-order valence-electron chi connectivity index (χ0n) is 8.08. The fourth-order valence-corrected chi connectivity index (χ4v) is 2.30. The smallest absolute Gasteiger partial charge is 0.185 e. The molecule has 1 atom stereocenters. The van der Waals surface area contributed by atoms with E-state index >= 15 is 0 Å². The van der Waals surface area contributed by atoms with Crippen molar-refractivity contribution in [2.75, 3.05) is 25.0 Å². The Morgan fingerprint density at radius 2 is 2.38 bits per heavy atom. The first-order chi connectivity index (χ1) is 6.31. The summed E-state index contributed by atoms with van der Waals surface area (Å²) in [6.45, 7) is 4.52. The minimum absolute atomic E-state index is 0.424. The van der Waals surface area contributed by atoms with Crippen molar-refractivity contribution in [1.82, 2.24) is 10.3 Å². The molecule has 4 heteroatoms. The maximum absolute atomic E-state index is 4.41. The molecule has 1 aliphatic rings. The molecule has 1 aromatic rings. The zero-order chi connectivity index (χ0) is 9.26. The maximum Gasteiger partial charge on any atom is 0.185 e. The van der Waals surface area contributed by atoms with Crippen LogP contribution >= 0.6 is 11.3 Å². The number of nitrogens with zero attached hydrogens (tertiary/aromatic N) is 2. The molecule has 0 saturated carbocycles. The number of rotatable bonds is 3. The number of anilines is 1. The van der Waals surface area contributed by atoms with Gasteiger partial charge in [0.15, 0.2) is 5.13 Å². The summed E-state index contributed by atoms with van der Waals surface area (Å²) < 4.78 is 0. The Hall–Kier alpha value is -0.610. The molecule has 0 bridgehead atoms. The summed E-state index contributed by atoms with van der Waals surface area (Å²) in [5.41, 5.74) is 0. The maximum atomic E-state index is 4.41. The van der Waals surface area contributed by atoms with E-state index in [2.05, 4.69) is 22.1 Å². The lowest BCUT2D eigenvalue weighted by Gasteiger charge is -2.30. The van der Waals surface area contributed by atoms with E-state index in [1.165, 1.54) is 29.5 Å². The van der Waals surface area contributed by atoms with Crippen LogP contribution in [0.2, 0.25) is 0 Å². The van der Waals surface area contributed by atoms with Crippen molar-refractivity contribution in [3.8, 4) is 0 Å². The first-order valence-corrected chi connectivity index (χ1v) is 5.51. The Bertz CT molecular complexity index is 261. The van der Waals surface area contributed by atoms with Gasteiger partial charge in [0.25, 0.3) is 0 Å². The molecule has 1 fully saturated rings. The number of hydrogen-bond donors (Lipinski definition) is 1. The normalized spacial score (nSPS) is 18.5. The van der Waals surface area contributed by atoms with E-state index in [-0.39, 0.29) is 0 Å². The van der Waals surface area contributed by atoms with Crippen LogP contribution in [0.1, 0.15) is 24.3 Å². The topological polar surface area (TPSA) is 28.2 Å². The molecule has 1 unspecified atom stereocenters. The summed E-state index contributed by atoms with van der Waals surface area (Å²) in [5.74, 6) is 0. The van der Waals surface area contributed by atoms with Gasteiger partial charge in [0, 0.05) is 30.2 Å². The standard InChI is InChI=1S/C9H15N3S/c1-7(10-2)8-6-11-9(13-8)12-4-3-5-12/h6-7,10H,3-5H2,1-2H3. The second kappa shape index (κ2) is 3.64. The molecule has 1 aromatic heterocycles. The first kappa shape index (κ1) is 8.97. The van der Waals surface area contributed by atoms with E-state index in [0.29, 0.717) is 6.04 Å². The molecule has 3 nitrogen and oxygen atoms in total. The highest BCUT2D eigenvalue weighted by molar-refractivity contribution is 7.15. The van der Waals surface area contributed by atoms with Gasteiger partial charge >= 0.3 is 0 Å². The largest absolute Gasteiger partial charge is 0.348 e. The van der Waals surface area contributed by atoms with Crippen molar-refractivity contribution in [2.24, 2.45) is 0 Å². The highest BCUT2D eigenvalue weighted by atomic mass is 32.1. The monoisotopic (exact) mass is 197 g/mol. The summed E-state index contributed by atoms with van der Waals surface area (Å²) in [7, 11) is 1.98. The van der Waals surface area contributed by atoms with Crippen LogP contribution in [0.5, 0.6) is 0 Å². The fraction of sp³-hybridized carbons (Fsp3) is 0.667. The van der Waals surface area contributed by atoms with Crippen LogP contribution in [-0.4, -0.2) is 25.1 Å². The average molecular weight is 197 g/mol. The Morgan fingerprint density at radius 3 is 2.92 bits per heavy atom. The second-order valence-corrected chi connectivity index (χ2v) is 4.44. The molecule has 0 radical (unpaired) electrons. The first-order valence-electron chi connectivity index (χ1n) is 4.69. The Kier molecular flexibility index (Phi) is 2.51. The lowest BCUT2D eigenvalue weighted by molar-refractivity contribution is 0.616. The third-order valence-electron chi connectivity index (χ3n) is 2.50. The van der Waals surface area contributed by atoms with Crippen molar-refractivity contribution in [3.05, 3.63) is 11.1 Å². The average Bonchev–Trinajstić information content (AvgIpc) is 2.49. The van der Waals surface area contributed by atoms with Crippen LogP contribution < -0.4 is 10.2 Å². The molecule has 0 aliphatic carbocycles. The SMILES string of the molecule is CNC(C)c1cnc(N2CCC2)s1. The van der Waals surface area contributed by atoms with Crippen LogP contribution in [0.3, 0.4) is 0 Å². The molecule has 2 rings (SSSR count). The van der Waals surface area contributed by atoms with Gasteiger partial charge in [0.2, 0.25) is 0 Å². The Morgan fingerprint density at radius 1 is 1.62 bits per heavy atom. The van der Waals surface area contributed by atoms with Crippen LogP contribution in [0.25, 0.3) is 0 Å². The highest BCUT2D eigenvalue weighted by Crippen LogP contribution is 2.29. The van der Waals surface area contributed by atoms with Crippen LogP contribution in [0.15, 0.2) is 6.20 Å². The van der Waals surface area contributed by atoms with E-state index in [9.17, 15) is 0 Å². The zero-order valence-corrected chi connectivity index (χ0v) is 8.90. The lowest BCUT2D eigenvalue weighted by atomic mass is 10.2. The molecular formula is C9H15N3S. The molecule has 0 amide bonds. The predicted octanol–water partition coefficient (Wildman–Crippen LogP) is 1.63. The third-order valence-corrected chi connectivity index (χ3v) is 3.74. The van der Waals surface area contributed by atoms with Gasteiger partial charge in [-0.3, -0.25) is 0 Å². The molecular weight excluding hydrogens is 182 g/mol. The summed E-state index contributed by atoms with van der Waals surface area (Å²) >= 11 is 1.80. The number of aromatic nitrogens is 1. The van der Waals surface area contributed by atoms with Crippen molar-refractivity contribution >= 4 is 16.5 Å². The van der Waals surface area contributed by atoms with Crippen molar-refractivity contribution < 1.29 is 0 Å². The van der Waals surface area contributed by atoms with Crippen LogP contribution in [0, 0.1) is 0 Å². The number of hydrogen-bond acceptors (Lipinski definition) is 4. The van der Waals surface area contributed by atoms with Gasteiger partial charge in [-0.1, -0.05) is 0 Å². The quantitative estimate of drug-likeness (QED) is 0.798. The Balaban J connectivity index is 2.08. The predicted molar refractivity (Wildman–Crippen MR) is 56.4 cm³/mol. The molecule has 2 heterocycles. The lowest BCUT2D eigenvalue weighted by Crippen LogP contribution is -2.36. The van der Waals surface area contributed by atoms with E-state index < -0.39 is 0 Å². The van der Waals surface area contributed by atoms with Gasteiger partial charge < -0.3 is 10.2 Å².